The molecule has 0 atom stereocenters. The number of anilines is 1. The number of imidazole rings is 1. The zero-order chi connectivity index (χ0) is 11.8. The Hall–Kier alpha value is -2.50. The van der Waals surface area contributed by atoms with Gasteiger partial charge in [-0.25, -0.2) is 19.3 Å². The van der Waals surface area contributed by atoms with E-state index in [2.05, 4.69) is 19.9 Å². The lowest BCUT2D eigenvalue weighted by Crippen LogP contribution is -1.95. The van der Waals surface area contributed by atoms with Crippen LogP contribution in [-0.4, -0.2) is 19.9 Å². The van der Waals surface area contributed by atoms with Crippen molar-refractivity contribution < 1.29 is 4.39 Å². The molecule has 3 N–H and O–H groups in total. The number of nitrogens with two attached hydrogens (primary N) is 1. The van der Waals surface area contributed by atoms with Crippen molar-refractivity contribution >= 4 is 17.0 Å². The molecule has 1 aromatic carbocycles. The fraction of sp³-hybridized carbons (Fsp3) is 0. The van der Waals surface area contributed by atoms with Crippen molar-refractivity contribution in [2.45, 2.75) is 0 Å². The third kappa shape index (κ3) is 1.59. The second-order valence-electron chi connectivity index (χ2n) is 3.56. The van der Waals surface area contributed by atoms with E-state index in [1.807, 2.05) is 0 Å². The summed E-state index contributed by atoms with van der Waals surface area (Å²) in [5, 5.41) is 0. The molecule has 0 unspecified atom stereocenters. The van der Waals surface area contributed by atoms with E-state index in [-0.39, 0.29) is 5.95 Å². The molecule has 0 spiro atoms. The molecular formula is C11H8FN5. The normalized spacial score (nSPS) is 10.9. The number of H-pyrrole nitrogens is 1. The number of hydrogen-bond donors (Lipinski definition) is 2. The predicted octanol–water partition coefficient (Wildman–Crippen LogP) is 1.74. The van der Waals surface area contributed by atoms with Crippen LogP contribution in [0, 0.1) is 5.82 Å². The number of rotatable bonds is 1. The maximum atomic E-state index is 13.7. The van der Waals surface area contributed by atoms with E-state index in [1.54, 1.807) is 12.1 Å². The Morgan fingerprint density at radius 1 is 1.24 bits per heavy atom. The van der Waals surface area contributed by atoms with Gasteiger partial charge in [0.25, 0.3) is 0 Å². The first-order valence-electron chi connectivity index (χ1n) is 4.95. The predicted molar refractivity (Wildman–Crippen MR) is 61.5 cm³/mol. The maximum absolute atomic E-state index is 13.7. The third-order valence-corrected chi connectivity index (χ3v) is 2.45. The van der Waals surface area contributed by atoms with E-state index in [1.165, 1.54) is 18.6 Å². The molecule has 0 saturated carbocycles. The van der Waals surface area contributed by atoms with Crippen LogP contribution in [0.2, 0.25) is 0 Å². The molecule has 0 radical (unpaired) electrons. The van der Waals surface area contributed by atoms with Crippen molar-refractivity contribution in [2.75, 3.05) is 5.73 Å². The molecule has 0 aliphatic heterocycles. The van der Waals surface area contributed by atoms with E-state index < -0.39 is 5.82 Å². The van der Waals surface area contributed by atoms with Crippen LogP contribution in [0.3, 0.4) is 0 Å². The molecule has 3 aromatic rings. The fourth-order valence-electron chi connectivity index (χ4n) is 1.69. The van der Waals surface area contributed by atoms with Gasteiger partial charge in [-0.2, -0.15) is 0 Å². The summed E-state index contributed by atoms with van der Waals surface area (Å²) in [6.07, 6.45) is 2.98. The monoisotopic (exact) mass is 229 g/mol. The van der Waals surface area contributed by atoms with Crippen LogP contribution in [0.15, 0.2) is 30.7 Å². The number of nitrogens with one attached hydrogen (secondary N) is 1. The maximum Gasteiger partial charge on any atom is 0.220 e. The number of hydrogen-bond acceptors (Lipinski definition) is 4. The van der Waals surface area contributed by atoms with Gasteiger partial charge < -0.3 is 10.7 Å². The quantitative estimate of drug-likeness (QED) is 0.666. The van der Waals surface area contributed by atoms with E-state index in [0.29, 0.717) is 22.3 Å². The summed E-state index contributed by atoms with van der Waals surface area (Å²) >= 11 is 0. The molecule has 0 fully saturated rings. The molecule has 0 aliphatic rings. The minimum atomic E-state index is -0.393. The number of nitrogen functional groups attached to an aromatic ring is 1. The molecule has 0 saturated heterocycles. The van der Waals surface area contributed by atoms with E-state index in [0.717, 1.165) is 0 Å². The molecular weight excluding hydrogens is 221 g/mol. The SMILES string of the molecule is Nc1nccc(-c2cc(F)c3nc[nH]c3c2)n1. The molecule has 0 aliphatic carbocycles. The highest BCUT2D eigenvalue weighted by atomic mass is 19.1. The topological polar surface area (TPSA) is 80.5 Å². The summed E-state index contributed by atoms with van der Waals surface area (Å²) in [7, 11) is 0. The lowest BCUT2D eigenvalue weighted by Gasteiger charge is -2.02. The highest BCUT2D eigenvalue weighted by Gasteiger charge is 2.08. The lowest BCUT2D eigenvalue weighted by molar-refractivity contribution is 0.637. The fourth-order valence-corrected chi connectivity index (χ4v) is 1.69. The number of aromatic nitrogens is 4. The Kier molecular flexibility index (Phi) is 2.01. The summed E-state index contributed by atoms with van der Waals surface area (Å²) < 4.78 is 13.7. The molecule has 84 valence electrons. The first-order valence-corrected chi connectivity index (χ1v) is 4.95. The second-order valence-corrected chi connectivity index (χ2v) is 3.56. The van der Waals surface area contributed by atoms with E-state index in [4.69, 9.17) is 5.73 Å². The summed E-state index contributed by atoms with van der Waals surface area (Å²) in [6, 6.07) is 4.82. The molecule has 3 rings (SSSR count). The van der Waals surface area contributed by atoms with Crippen LogP contribution in [0.5, 0.6) is 0 Å². The van der Waals surface area contributed by atoms with Crippen LogP contribution in [-0.2, 0) is 0 Å². The van der Waals surface area contributed by atoms with Gasteiger partial charge in [0.05, 0.1) is 17.5 Å². The standard InChI is InChI=1S/C11H8FN5/c12-7-3-6(4-9-10(7)16-5-15-9)8-1-2-14-11(13)17-8/h1-5H,(H,15,16)(H2,13,14,17). The van der Waals surface area contributed by atoms with E-state index in [9.17, 15) is 4.39 Å². The molecule has 0 bridgehead atoms. The number of aromatic amines is 1. The summed E-state index contributed by atoms with van der Waals surface area (Å²) in [6.45, 7) is 0. The first kappa shape index (κ1) is 9.71. The van der Waals surface area contributed by atoms with Gasteiger partial charge in [-0.1, -0.05) is 0 Å². The van der Waals surface area contributed by atoms with Crippen LogP contribution >= 0.6 is 0 Å². The smallest absolute Gasteiger partial charge is 0.220 e. The van der Waals surface area contributed by atoms with Crippen LogP contribution in [0.1, 0.15) is 0 Å². The van der Waals surface area contributed by atoms with Crippen molar-refractivity contribution in [1.29, 1.82) is 0 Å². The highest BCUT2D eigenvalue weighted by molar-refractivity contribution is 5.81. The molecule has 17 heavy (non-hydrogen) atoms. The van der Waals surface area contributed by atoms with Gasteiger partial charge in [-0.15, -0.1) is 0 Å². The molecule has 2 heterocycles. The van der Waals surface area contributed by atoms with Crippen molar-refractivity contribution in [2.24, 2.45) is 0 Å². The van der Waals surface area contributed by atoms with Gasteiger partial charge in [-0.3, -0.25) is 0 Å². The van der Waals surface area contributed by atoms with Gasteiger partial charge in [0.15, 0.2) is 5.82 Å². The highest BCUT2D eigenvalue weighted by Crippen LogP contribution is 2.23. The van der Waals surface area contributed by atoms with Gasteiger partial charge in [0.1, 0.15) is 5.52 Å². The Morgan fingerprint density at radius 2 is 2.12 bits per heavy atom. The number of benzene rings is 1. The average molecular weight is 229 g/mol. The summed E-state index contributed by atoms with van der Waals surface area (Å²) in [4.78, 5) is 14.6. The van der Waals surface area contributed by atoms with Gasteiger partial charge >= 0.3 is 0 Å². The Bertz CT molecular complexity index is 691. The Labute approximate surface area is 95.5 Å². The third-order valence-electron chi connectivity index (χ3n) is 2.45. The van der Waals surface area contributed by atoms with Gasteiger partial charge in [-0.05, 0) is 18.2 Å². The van der Waals surface area contributed by atoms with Crippen LogP contribution in [0.25, 0.3) is 22.3 Å². The Morgan fingerprint density at radius 3 is 2.94 bits per heavy atom. The molecule has 5 nitrogen and oxygen atoms in total. The number of halogens is 1. The van der Waals surface area contributed by atoms with Crippen LogP contribution < -0.4 is 5.73 Å². The lowest BCUT2D eigenvalue weighted by atomic mass is 10.1. The molecule has 2 aromatic heterocycles. The van der Waals surface area contributed by atoms with Crippen molar-refractivity contribution in [3.8, 4) is 11.3 Å². The summed E-state index contributed by atoms with van der Waals surface area (Å²) in [5.74, 6) is -0.233. The van der Waals surface area contributed by atoms with Crippen LogP contribution in [0.4, 0.5) is 10.3 Å². The number of fused-ring (bicyclic) bond motifs is 1. The van der Waals surface area contributed by atoms with Gasteiger partial charge in [0, 0.05) is 11.8 Å². The van der Waals surface area contributed by atoms with Crippen molar-refractivity contribution in [3.63, 3.8) is 0 Å². The molecule has 6 heteroatoms. The van der Waals surface area contributed by atoms with E-state index >= 15 is 0 Å². The van der Waals surface area contributed by atoms with Crippen molar-refractivity contribution in [3.05, 3.63) is 36.5 Å². The minimum Gasteiger partial charge on any atom is -0.368 e. The zero-order valence-electron chi connectivity index (χ0n) is 8.68. The molecule has 0 amide bonds. The number of nitrogens with zero attached hydrogens (tertiary/aromatic N) is 3. The second kappa shape index (κ2) is 3.51. The summed E-state index contributed by atoms with van der Waals surface area (Å²) in [5.41, 5.74) is 7.64. The van der Waals surface area contributed by atoms with Crippen molar-refractivity contribution in [1.82, 2.24) is 19.9 Å². The first-order chi connectivity index (χ1) is 8.24. The Balaban J connectivity index is 2.23. The zero-order valence-corrected chi connectivity index (χ0v) is 8.68. The van der Waals surface area contributed by atoms with Gasteiger partial charge in [0.2, 0.25) is 5.95 Å². The minimum absolute atomic E-state index is 0.160. The average Bonchev–Trinajstić information content (AvgIpc) is 2.77. The largest absolute Gasteiger partial charge is 0.368 e.